The number of unbranched alkanes of at least 4 members (excludes halogenated alkanes) is 5. The minimum absolute atomic E-state index is 0.298. The van der Waals surface area contributed by atoms with E-state index >= 15 is 0 Å². The summed E-state index contributed by atoms with van der Waals surface area (Å²) in [7, 11) is 0. The number of hydrogen-bond donors (Lipinski definition) is 1. The van der Waals surface area contributed by atoms with Gasteiger partial charge in [-0.1, -0.05) is 81.1 Å². The molecule has 33 heavy (non-hydrogen) atoms. The van der Waals surface area contributed by atoms with Crippen LogP contribution in [-0.2, 0) is 4.79 Å². The summed E-state index contributed by atoms with van der Waals surface area (Å²) in [5.74, 6) is 0.117. The number of ether oxygens (including phenoxy) is 1. The lowest BCUT2D eigenvalue weighted by Crippen LogP contribution is -2.45. The molecule has 7 heteroatoms. The van der Waals surface area contributed by atoms with Crippen molar-refractivity contribution in [3.05, 3.63) is 70.1 Å². The Kier molecular flexibility index (Phi) is 9.51. The lowest BCUT2D eigenvalue weighted by atomic mass is 10.1. The second-order valence-corrected chi connectivity index (χ2v) is 9.63. The summed E-state index contributed by atoms with van der Waals surface area (Å²) in [4.78, 5) is 25.9. The molecule has 0 bridgehead atoms. The Hall–Kier alpha value is -2.64. The topological polar surface area (TPSA) is 58.6 Å². The molecule has 5 nitrogen and oxygen atoms in total. The number of thioether (sulfide) groups is 1. The summed E-state index contributed by atoms with van der Waals surface area (Å²) in [6.45, 7) is 4.78. The number of nitrogens with zero attached hydrogens (tertiary/aromatic N) is 1. The molecule has 0 aliphatic carbocycles. The molecule has 1 aliphatic rings. The van der Waals surface area contributed by atoms with Gasteiger partial charge in [0.1, 0.15) is 5.75 Å². The Labute approximate surface area is 205 Å². The van der Waals surface area contributed by atoms with E-state index < -0.39 is 0 Å². The first-order valence-electron chi connectivity index (χ1n) is 11.4. The minimum atomic E-state index is -0.363. The van der Waals surface area contributed by atoms with Gasteiger partial charge in [-0.2, -0.15) is 5.01 Å². The van der Waals surface area contributed by atoms with E-state index in [-0.39, 0.29) is 11.8 Å². The third-order valence-corrected chi connectivity index (χ3v) is 6.64. The van der Waals surface area contributed by atoms with Gasteiger partial charge >= 0.3 is 0 Å². The Morgan fingerprint density at radius 2 is 1.76 bits per heavy atom. The van der Waals surface area contributed by atoms with Gasteiger partial charge in [0.2, 0.25) is 0 Å². The number of aryl methyl sites for hydroxylation is 1. The van der Waals surface area contributed by atoms with Crippen molar-refractivity contribution in [2.24, 2.45) is 0 Å². The van der Waals surface area contributed by atoms with Crippen molar-refractivity contribution in [2.45, 2.75) is 52.4 Å². The largest absolute Gasteiger partial charge is 0.494 e. The van der Waals surface area contributed by atoms with Gasteiger partial charge in [-0.15, -0.1) is 0 Å². The van der Waals surface area contributed by atoms with Crippen molar-refractivity contribution in [1.29, 1.82) is 0 Å². The van der Waals surface area contributed by atoms with E-state index in [1.165, 1.54) is 43.9 Å². The molecule has 0 radical (unpaired) electrons. The van der Waals surface area contributed by atoms with Crippen LogP contribution in [0.25, 0.3) is 6.08 Å². The van der Waals surface area contributed by atoms with Gasteiger partial charge in [0.25, 0.3) is 11.8 Å². The smallest absolute Gasteiger partial charge is 0.285 e. The van der Waals surface area contributed by atoms with Crippen molar-refractivity contribution in [3.63, 3.8) is 0 Å². The van der Waals surface area contributed by atoms with Crippen molar-refractivity contribution >= 4 is 46.2 Å². The highest BCUT2D eigenvalue weighted by Gasteiger charge is 2.33. The molecule has 1 aliphatic heterocycles. The summed E-state index contributed by atoms with van der Waals surface area (Å²) in [5, 5.41) is 1.14. The summed E-state index contributed by atoms with van der Waals surface area (Å²) >= 11 is 6.49. The van der Waals surface area contributed by atoms with Crippen LogP contribution in [0.15, 0.2) is 53.4 Å². The molecule has 0 unspecified atom stereocenters. The van der Waals surface area contributed by atoms with E-state index in [2.05, 4.69) is 12.3 Å². The maximum Gasteiger partial charge on any atom is 0.285 e. The molecule has 0 atom stereocenters. The maximum absolute atomic E-state index is 12.8. The van der Waals surface area contributed by atoms with Gasteiger partial charge in [0.05, 0.1) is 11.5 Å². The van der Waals surface area contributed by atoms with Gasteiger partial charge in [0, 0.05) is 5.56 Å². The van der Waals surface area contributed by atoms with Gasteiger partial charge in [0.15, 0.2) is 4.32 Å². The summed E-state index contributed by atoms with van der Waals surface area (Å²) in [6.07, 6.45) is 9.15. The summed E-state index contributed by atoms with van der Waals surface area (Å²) in [6, 6.07) is 14.8. The Morgan fingerprint density at radius 3 is 2.48 bits per heavy atom. The molecule has 0 spiro atoms. The highest BCUT2D eigenvalue weighted by Crippen LogP contribution is 2.31. The van der Waals surface area contributed by atoms with E-state index in [0.717, 1.165) is 28.3 Å². The summed E-state index contributed by atoms with van der Waals surface area (Å²) in [5.41, 5.74) is 4.83. The van der Waals surface area contributed by atoms with E-state index in [9.17, 15) is 9.59 Å². The molecule has 174 valence electrons. The van der Waals surface area contributed by atoms with E-state index in [1.54, 1.807) is 18.2 Å². The quantitative estimate of drug-likeness (QED) is 0.232. The summed E-state index contributed by atoms with van der Waals surface area (Å²) < 4.78 is 6.12. The highest BCUT2D eigenvalue weighted by molar-refractivity contribution is 8.26. The van der Waals surface area contributed by atoms with E-state index in [1.807, 2.05) is 43.3 Å². The fourth-order valence-electron chi connectivity index (χ4n) is 3.44. The van der Waals surface area contributed by atoms with Crippen LogP contribution in [0.2, 0.25) is 0 Å². The van der Waals surface area contributed by atoms with Gasteiger partial charge in [-0.3, -0.25) is 15.0 Å². The first-order chi connectivity index (χ1) is 16.0. The molecular formula is C26H30N2O3S2. The fourth-order valence-corrected chi connectivity index (χ4v) is 4.62. The zero-order valence-electron chi connectivity index (χ0n) is 19.1. The van der Waals surface area contributed by atoms with E-state index in [4.69, 9.17) is 17.0 Å². The van der Waals surface area contributed by atoms with Crippen molar-refractivity contribution in [3.8, 4) is 5.75 Å². The van der Waals surface area contributed by atoms with Gasteiger partial charge in [-0.05, 0) is 61.0 Å². The lowest BCUT2D eigenvalue weighted by molar-refractivity contribution is -0.123. The number of carbonyl (C=O) groups excluding carboxylic acids is 2. The third-order valence-electron chi connectivity index (χ3n) is 5.34. The standard InChI is InChI=1S/C26H30N2O3S2/c1-3-4-5-6-7-10-17-31-21-15-13-20(14-16-21)18-23-25(30)28(26(32)33-23)27-24(29)22-12-9-8-11-19(22)2/h8-9,11-16,18H,3-7,10,17H2,1-2H3,(H,27,29)/b23-18+. The van der Waals surface area contributed by atoms with Crippen molar-refractivity contribution in [1.82, 2.24) is 10.4 Å². The van der Waals surface area contributed by atoms with Crippen LogP contribution in [0.4, 0.5) is 0 Å². The molecule has 3 rings (SSSR count). The molecule has 0 saturated carbocycles. The Morgan fingerprint density at radius 1 is 1.06 bits per heavy atom. The minimum Gasteiger partial charge on any atom is -0.494 e. The highest BCUT2D eigenvalue weighted by atomic mass is 32.2. The van der Waals surface area contributed by atoms with Crippen LogP contribution in [0.5, 0.6) is 5.75 Å². The molecule has 1 saturated heterocycles. The first kappa shape index (κ1) is 25.0. The SMILES string of the molecule is CCCCCCCCOc1ccc(/C=C2/SC(=S)N(NC(=O)c3ccccc3C)C2=O)cc1. The van der Waals surface area contributed by atoms with Gasteiger partial charge in [-0.25, -0.2) is 0 Å². The van der Waals surface area contributed by atoms with Crippen LogP contribution >= 0.6 is 24.0 Å². The van der Waals surface area contributed by atoms with Crippen LogP contribution in [-0.4, -0.2) is 27.8 Å². The second kappa shape index (κ2) is 12.6. The van der Waals surface area contributed by atoms with Crippen LogP contribution < -0.4 is 10.2 Å². The number of nitrogens with one attached hydrogen (secondary N) is 1. The Balaban J connectivity index is 1.53. The number of thiocarbonyl (C=S) groups is 1. The van der Waals surface area contributed by atoms with Crippen molar-refractivity contribution < 1.29 is 14.3 Å². The molecule has 1 heterocycles. The number of amides is 2. The number of hydrogen-bond acceptors (Lipinski definition) is 5. The molecule has 0 aromatic heterocycles. The van der Waals surface area contributed by atoms with Crippen LogP contribution in [0.1, 0.15) is 66.9 Å². The van der Waals surface area contributed by atoms with Crippen molar-refractivity contribution in [2.75, 3.05) is 6.61 Å². The second-order valence-electron chi connectivity index (χ2n) is 7.96. The fraction of sp³-hybridized carbons (Fsp3) is 0.346. The van der Waals surface area contributed by atoms with Crippen LogP contribution in [0, 0.1) is 6.92 Å². The Bertz CT molecular complexity index is 1020. The zero-order chi connectivity index (χ0) is 23.6. The zero-order valence-corrected chi connectivity index (χ0v) is 20.8. The predicted molar refractivity (Wildman–Crippen MR) is 139 cm³/mol. The number of hydrazine groups is 1. The number of rotatable bonds is 11. The predicted octanol–water partition coefficient (Wildman–Crippen LogP) is 6.28. The number of carbonyl (C=O) groups is 2. The average Bonchev–Trinajstić information content (AvgIpc) is 3.07. The molecule has 2 amide bonds. The molecule has 1 fully saturated rings. The molecule has 1 N–H and O–H groups in total. The lowest BCUT2D eigenvalue weighted by Gasteiger charge is -2.16. The molecular weight excluding hydrogens is 452 g/mol. The normalized spacial score (nSPS) is 14.7. The van der Waals surface area contributed by atoms with Gasteiger partial charge < -0.3 is 4.74 Å². The first-order valence-corrected chi connectivity index (χ1v) is 12.6. The molecule has 2 aromatic carbocycles. The maximum atomic E-state index is 12.8. The average molecular weight is 483 g/mol. The monoisotopic (exact) mass is 482 g/mol. The van der Waals surface area contributed by atoms with Crippen LogP contribution in [0.3, 0.4) is 0 Å². The third kappa shape index (κ3) is 7.17. The van der Waals surface area contributed by atoms with E-state index in [0.29, 0.717) is 21.4 Å². The number of benzene rings is 2. The molecule has 2 aromatic rings.